The number of amides is 1. The molecule has 2 heterocycles. The normalized spacial score (nSPS) is 24.4. The van der Waals surface area contributed by atoms with Crippen LogP contribution in [0.2, 0.25) is 0 Å². The predicted octanol–water partition coefficient (Wildman–Crippen LogP) is 1.66. The minimum atomic E-state index is -0.0764. The summed E-state index contributed by atoms with van der Waals surface area (Å²) in [6, 6.07) is 0.453. The largest absolute Gasteiger partial charge is 0.329 e. The number of piperidine rings is 1. The van der Waals surface area contributed by atoms with Gasteiger partial charge in [0, 0.05) is 31.4 Å². The van der Waals surface area contributed by atoms with Gasteiger partial charge in [-0.15, -0.1) is 11.3 Å². The zero-order valence-corrected chi connectivity index (χ0v) is 12.4. The average molecular weight is 282 g/mol. The molecule has 1 saturated heterocycles. The number of aromatic nitrogens is 1. The highest BCUT2D eigenvalue weighted by Crippen LogP contribution is 2.24. The van der Waals surface area contributed by atoms with Crippen LogP contribution in [0.1, 0.15) is 32.4 Å². The van der Waals surface area contributed by atoms with Gasteiger partial charge in [0.05, 0.1) is 5.69 Å². The smallest absolute Gasteiger partial charge is 0.223 e. The highest BCUT2D eigenvalue weighted by atomic mass is 32.1. The van der Waals surface area contributed by atoms with Crippen LogP contribution in [-0.4, -0.2) is 34.9 Å². The Hall–Kier alpha value is -0.980. The van der Waals surface area contributed by atoms with E-state index in [1.807, 2.05) is 5.38 Å². The van der Waals surface area contributed by atoms with Crippen LogP contribution in [0.4, 0.5) is 5.13 Å². The highest BCUT2D eigenvalue weighted by molar-refractivity contribution is 7.13. The van der Waals surface area contributed by atoms with E-state index in [2.05, 4.69) is 22.1 Å². The Kier molecular flexibility index (Phi) is 4.90. The molecule has 0 aliphatic carbocycles. The molecule has 2 unspecified atom stereocenters. The van der Waals surface area contributed by atoms with Gasteiger partial charge in [0.15, 0.2) is 5.13 Å². The second-order valence-corrected chi connectivity index (χ2v) is 6.17. The van der Waals surface area contributed by atoms with E-state index in [1.165, 1.54) is 31.1 Å². The molecule has 106 valence electrons. The molecule has 3 N–H and O–H groups in total. The summed E-state index contributed by atoms with van der Waals surface area (Å²) in [5, 5.41) is 5.41. The summed E-state index contributed by atoms with van der Waals surface area (Å²) < 4.78 is 0. The lowest BCUT2D eigenvalue weighted by Crippen LogP contribution is -2.45. The number of rotatable bonds is 4. The lowest BCUT2D eigenvalue weighted by Gasteiger charge is -2.37. The summed E-state index contributed by atoms with van der Waals surface area (Å²) in [5.41, 5.74) is 6.88. The number of nitrogens with one attached hydrogen (secondary N) is 1. The fourth-order valence-corrected chi connectivity index (χ4v) is 3.30. The number of carbonyl (C=O) groups excluding carboxylic acids is 1. The van der Waals surface area contributed by atoms with Crippen molar-refractivity contribution in [3.8, 4) is 0 Å². The van der Waals surface area contributed by atoms with Gasteiger partial charge in [-0.2, -0.15) is 0 Å². The van der Waals surface area contributed by atoms with E-state index in [-0.39, 0.29) is 5.91 Å². The SMILES string of the molecule is CC(=O)Nc1nc(CN2CCC(C)CC2CN)cs1. The van der Waals surface area contributed by atoms with Crippen LogP contribution in [-0.2, 0) is 11.3 Å². The number of anilines is 1. The van der Waals surface area contributed by atoms with Crippen molar-refractivity contribution in [2.24, 2.45) is 11.7 Å². The van der Waals surface area contributed by atoms with Crippen molar-refractivity contribution in [1.82, 2.24) is 9.88 Å². The second-order valence-electron chi connectivity index (χ2n) is 5.31. The molecule has 0 bridgehead atoms. The van der Waals surface area contributed by atoms with Crippen molar-refractivity contribution < 1.29 is 4.79 Å². The van der Waals surface area contributed by atoms with Gasteiger partial charge in [0.2, 0.25) is 5.91 Å². The van der Waals surface area contributed by atoms with Crippen LogP contribution in [0.5, 0.6) is 0 Å². The Balaban J connectivity index is 1.96. The van der Waals surface area contributed by atoms with Crippen molar-refractivity contribution in [2.45, 2.75) is 39.3 Å². The van der Waals surface area contributed by atoms with Crippen LogP contribution >= 0.6 is 11.3 Å². The van der Waals surface area contributed by atoms with Crippen LogP contribution < -0.4 is 11.1 Å². The summed E-state index contributed by atoms with van der Waals surface area (Å²) in [4.78, 5) is 17.8. The molecule has 1 fully saturated rings. The number of nitrogens with two attached hydrogens (primary N) is 1. The molecule has 0 radical (unpaired) electrons. The zero-order chi connectivity index (χ0) is 13.8. The summed E-state index contributed by atoms with van der Waals surface area (Å²) in [6.45, 7) is 6.39. The number of nitrogens with zero attached hydrogens (tertiary/aromatic N) is 2. The maximum Gasteiger partial charge on any atom is 0.223 e. The Morgan fingerprint density at radius 2 is 2.47 bits per heavy atom. The van der Waals surface area contributed by atoms with Gasteiger partial charge < -0.3 is 11.1 Å². The number of hydrogen-bond donors (Lipinski definition) is 2. The third-order valence-electron chi connectivity index (χ3n) is 3.57. The Morgan fingerprint density at radius 1 is 1.68 bits per heavy atom. The van der Waals surface area contributed by atoms with E-state index in [4.69, 9.17) is 5.73 Å². The first-order valence-electron chi connectivity index (χ1n) is 6.74. The minimum Gasteiger partial charge on any atom is -0.329 e. The lowest BCUT2D eigenvalue weighted by atomic mass is 9.92. The third-order valence-corrected chi connectivity index (χ3v) is 4.38. The summed E-state index contributed by atoms with van der Waals surface area (Å²) in [5.74, 6) is 0.683. The van der Waals surface area contributed by atoms with E-state index in [0.717, 1.165) is 24.7 Å². The first-order chi connectivity index (χ1) is 9.08. The van der Waals surface area contributed by atoms with Gasteiger partial charge >= 0.3 is 0 Å². The molecule has 5 nitrogen and oxygen atoms in total. The van der Waals surface area contributed by atoms with Gasteiger partial charge in [-0.25, -0.2) is 4.98 Å². The Labute approximate surface area is 118 Å². The molecule has 1 amide bonds. The van der Waals surface area contributed by atoms with Crippen molar-refractivity contribution in [1.29, 1.82) is 0 Å². The standard InChI is InChI=1S/C13H22N4OS/c1-9-3-4-17(12(5-9)6-14)7-11-8-19-13(16-11)15-10(2)18/h8-9,12H,3-7,14H2,1-2H3,(H,15,16,18). The quantitative estimate of drug-likeness (QED) is 0.881. The van der Waals surface area contributed by atoms with E-state index in [9.17, 15) is 4.79 Å². The lowest BCUT2D eigenvalue weighted by molar-refractivity contribution is -0.114. The van der Waals surface area contributed by atoms with Crippen LogP contribution in [0.15, 0.2) is 5.38 Å². The Morgan fingerprint density at radius 3 is 3.16 bits per heavy atom. The Bertz CT molecular complexity index is 434. The van der Waals surface area contributed by atoms with Crippen LogP contribution in [0.3, 0.4) is 0 Å². The van der Waals surface area contributed by atoms with E-state index in [1.54, 1.807) is 0 Å². The fourth-order valence-electron chi connectivity index (χ4n) is 2.55. The first-order valence-corrected chi connectivity index (χ1v) is 7.62. The molecule has 1 aliphatic rings. The molecule has 2 rings (SSSR count). The zero-order valence-electron chi connectivity index (χ0n) is 11.6. The van der Waals surface area contributed by atoms with Gasteiger partial charge in [0.25, 0.3) is 0 Å². The summed E-state index contributed by atoms with van der Waals surface area (Å²) in [7, 11) is 0. The topological polar surface area (TPSA) is 71.2 Å². The molecule has 0 spiro atoms. The third kappa shape index (κ3) is 3.99. The molecule has 0 aromatic carbocycles. The molecule has 2 atom stereocenters. The van der Waals surface area contributed by atoms with E-state index in [0.29, 0.717) is 17.7 Å². The number of thiazole rings is 1. The highest BCUT2D eigenvalue weighted by Gasteiger charge is 2.25. The van der Waals surface area contributed by atoms with Gasteiger partial charge in [-0.1, -0.05) is 6.92 Å². The molecule has 1 aromatic rings. The second kappa shape index (κ2) is 6.45. The van der Waals surface area contributed by atoms with Crippen molar-refractivity contribution in [2.75, 3.05) is 18.4 Å². The van der Waals surface area contributed by atoms with Crippen LogP contribution in [0.25, 0.3) is 0 Å². The summed E-state index contributed by atoms with van der Waals surface area (Å²) in [6.07, 6.45) is 2.39. The molecule has 19 heavy (non-hydrogen) atoms. The molecule has 0 saturated carbocycles. The fraction of sp³-hybridized carbons (Fsp3) is 0.692. The molecule has 6 heteroatoms. The number of likely N-dealkylation sites (tertiary alicyclic amines) is 1. The van der Waals surface area contributed by atoms with Crippen molar-refractivity contribution in [3.05, 3.63) is 11.1 Å². The van der Waals surface area contributed by atoms with Crippen LogP contribution in [0, 0.1) is 5.92 Å². The van der Waals surface area contributed by atoms with Crippen molar-refractivity contribution in [3.63, 3.8) is 0 Å². The molecule has 1 aliphatic heterocycles. The minimum absolute atomic E-state index is 0.0764. The first kappa shape index (κ1) is 14.4. The van der Waals surface area contributed by atoms with Gasteiger partial charge in [0.1, 0.15) is 0 Å². The molecule has 1 aromatic heterocycles. The maximum absolute atomic E-state index is 11.0. The predicted molar refractivity (Wildman–Crippen MR) is 78.1 cm³/mol. The number of hydrogen-bond acceptors (Lipinski definition) is 5. The maximum atomic E-state index is 11.0. The monoisotopic (exact) mass is 282 g/mol. The average Bonchev–Trinajstić information content (AvgIpc) is 2.78. The van der Waals surface area contributed by atoms with E-state index >= 15 is 0 Å². The van der Waals surface area contributed by atoms with Gasteiger partial charge in [-0.3, -0.25) is 9.69 Å². The van der Waals surface area contributed by atoms with Gasteiger partial charge in [-0.05, 0) is 25.3 Å². The summed E-state index contributed by atoms with van der Waals surface area (Å²) >= 11 is 1.47. The number of carbonyl (C=O) groups is 1. The van der Waals surface area contributed by atoms with E-state index < -0.39 is 0 Å². The van der Waals surface area contributed by atoms with Crippen molar-refractivity contribution >= 4 is 22.4 Å². The molecular weight excluding hydrogens is 260 g/mol. The molecular formula is C13H22N4OS.